The van der Waals surface area contributed by atoms with Gasteiger partial charge in [0, 0.05) is 0 Å². The second-order valence-electron chi connectivity index (χ2n) is 11.0. The molecule has 2 heteroatoms. The first-order valence-electron chi connectivity index (χ1n) is 15.6. The molecule has 0 aromatic rings. The van der Waals surface area contributed by atoms with Gasteiger partial charge in [-0.1, -0.05) is 136 Å². The SMILES string of the molecule is CCCCCCCCCCN(C)CCCCCCCCCN(C)CCCCCCCCCC. The Morgan fingerprint density at radius 3 is 0.667 bits per heavy atom. The van der Waals surface area contributed by atoms with Gasteiger partial charge in [0.25, 0.3) is 0 Å². The number of hydrogen-bond acceptors (Lipinski definition) is 2. The molecule has 0 atom stereocenters. The van der Waals surface area contributed by atoms with E-state index in [9.17, 15) is 0 Å². The Morgan fingerprint density at radius 1 is 0.273 bits per heavy atom. The first-order valence-corrected chi connectivity index (χ1v) is 15.6. The fourth-order valence-electron chi connectivity index (χ4n) is 4.90. The van der Waals surface area contributed by atoms with Crippen molar-refractivity contribution in [3.8, 4) is 0 Å². The van der Waals surface area contributed by atoms with Crippen molar-refractivity contribution in [1.82, 2.24) is 9.80 Å². The number of rotatable bonds is 28. The maximum absolute atomic E-state index is 2.57. The summed E-state index contributed by atoms with van der Waals surface area (Å²) in [6.45, 7) is 9.83. The molecule has 33 heavy (non-hydrogen) atoms. The minimum atomic E-state index is 1.31. The van der Waals surface area contributed by atoms with E-state index >= 15 is 0 Å². The molecule has 0 fully saturated rings. The predicted octanol–water partition coefficient (Wildman–Crippen LogP) is 9.86. The van der Waals surface area contributed by atoms with E-state index in [1.54, 1.807) is 0 Å². The molecule has 0 heterocycles. The normalized spacial score (nSPS) is 11.8. The molecule has 0 saturated heterocycles. The maximum atomic E-state index is 2.57. The van der Waals surface area contributed by atoms with E-state index in [-0.39, 0.29) is 0 Å². The molecule has 0 bridgehead atoms. The Bertz CT molecular complexity index is 312. The summed E-state index contributed by atoms with van der Waals surface area (Å²) in [5, 5.41) is 0. The van der Waals surface area contributed by atoms with Crippen LogP contribution in [0.5, 0.6) is 0 Å². The van der Waals surface area contributed by atoms with Crippen molar-refractivity contribution in [3.63, 3.8) is 0 Å². The van der Waals surface area contributed by atoms with Gasteiger partial charge in [0.15, 0.2) is 0 Å². The molecule has 0 aromatic carbocycles. The Hall–Kier alpha value is -0.0800. The van der Waals surface area contributed by atoms with Gasteiger partial charge < -0.3 is 9.80 Å². The van der Waals surface area contributed by atoms with Gasteiger partial charge in [-0.2, -0.15) is 0 Å². The van der Waals surface area contributed by atoms with Gasteiger partial charge in [-0.15, -0.1) is 0 Å². The third-order valence-corrected chi connectivity index (χ3v) is 7.37. The third kappa shape index (κ3) is 28.0. The van der Waals surface area contributed by atoms with Crippen LogP contribution < -0.4 is 0 Å². The maximum Gasteiger partial charge on any atom is -0.00218 e. The summed E-state index contributed by atoms with van der Waals surface area (Å²) < 4.78 is 0. The van der Waals surface area contributed by atoms with E-state index in [4.69, 9.17) is 0 Å². The quantitative estimate of drug-likeness (QED) is 0.106. The van der Waals surface area contributed by atoms with Gasteiger partial charge in [0.1, 0.15) is 0 Å². The summed E-state index contributed by atoms with van der Waals surface area (Å²) in [6, 6.07) is 0. The van der Waals surface area contributed by atoms with Crippen molar-refractivity contribution in [2.24, 2.45) is 0 Å². The second kappa shape index (κ2) is 28.2. The van der Waals surface area contributed by atoms with Gasteiger partial charge >= 0.3 is 0 Å². The molecule has 0 aromatic heterocycles. The summed E-state index contributed by atoms with van der Waals surface area (Å²) in [5.74, 6) is 0. The lowest BCUT2D eigenvalue weighted by Gasteiger charge is -2.16. The van der Waals surface area contributed by atoms with Gasteiger partial charge in [0.05, 0.1) is 0 Å². The summed E-state index contributed by atoms with van der Waals surface area (Å²) in [6.07, 6.45) is 32.9. The second-order valence-corrected chi connectivity index (χ2v) is 11.0. The highest BCUT2D eigenvalue weighted by Crippen LogP contribution is 2.11. The molecule has 0 N–H and O–H groups in total. The molecule has 2 nitrogen and oxygen atoms in total. The molecule has 0 amide bonds. The molecule has 0 spiro atoms. The van der Waals surface area contributed by atoms with Gasteiger partial charge in [0.2, 0.25) is 0 Å². The summed E-state index contributed by atoms with van der Waals surface area (Å²) >= 11 is 0. The van der Waals surface area contributed by atoms with Crippen LogP contribution in [0, 0.1) is 0 Å². The Balaban J connectivity index is 3.23. The summed E-state index contributed by atoms with van der Waals surface area (Å²) in [7, 11) is 4.65. The number of hydrogen-bond donors (Lipinski definition) is 0. The van der Waals surface area contributed by atoms with Crippen LogP contribution in [0.4, 0.5) is 0 Å². The van der Waals surface area contributed by atoms with Crippen LogP contribution in [-0.4, -0.2) is 50.1 Å². The Morgan fingerprint density at radius 2 is 0.455 bits per heavy atom. The third-order valence-electron chi connectivity index (χ3n) is 7.37. The summed E-state index contributed by atoms with van der Waals surface area (Å²) in [5.41, 5.74) is 0. The van der Waals surface area contributed by atoms with Gasteiger partial charge in [-0.25, -0.2) is 0 Å². The Labute approximate surface area is 211 Å². The van der Waals surface area contributed by atoms with Crippen LogP contribution in [0.25, 0.3) is 0 Å². The molecule has 0 unspecified atom stereocenters. The highest BCUT2D eigenvalue weighted by atomic mass is 15.1. The van der Waals surface area contributed by atoms with Crippen molar-refractivity contribution >= 4 is 0 Å². The summed E-state index contributed by atoms with van der Waals surface area (Å²) in [4.78, 5) is 5.14. The molecule has 0 aliphatic rings. The smallest absolute Gasteiger partial charge is 0.00218 e. The van der Waals surface area contributed by atoms with E-state index in [1.165, 1.54) is 174 Å². The zero-order valence-electron chi connectivity index (χ0n) is 24.0. The van der Waals surface area contributed by atoms with Gasteiger partial charge in [-0.05, 0) is 66.0 Å². The van der Waals surface area contributed by atoms with Crippen LogP contribution in [0.2, 0.25) is 0 Å². The van der Waals surface area contributed by atoms with Crippen LogP contribution in [-0.2, 0) is 0 Å². The van der Waals surface area contributed by atoms with Crippen LogP contribution in [0.3, 0.4) is 0 Å². The van der Waals surface area contributed by atoms with Crippen LogP contribution in [0.15, 0.2) is 0 Å². The van der Waals surface area contributed by atoms with E-state index < -0.39 is 0 Å². The molecule has 0 rings (SSSR count). The van der Waals surface area contributed by atoms with Crippen LogP contribution in [0.1, 0.15) is 162 Å². The van der Waals surface area contributed by atoms with Crippen molar-refractivity contribution in [2.45, 2.75) is 162 Å². The molecule has 0 aliphatic heterocycles. The average Bonchev–Trinajstić information content (AvgIpc) is 2.81. The zero-order valence-corrected chi connectivity index (χ0v) is 24.0. The monoisotopic (exact) mass is 467 g/mol. The first kappa shape index (κ1) is 32.9. The van der Waals surface area contributed by atoms with Crippen molar-refractivity contribution < 1.29 is 0 Å². The first-order chi connectivity index (χ1) is 16.2. The molecular weight excluding hydrogens is 400 g/mol. The van der Waals surface area contributed by atoms with Crippen molar-refractivity contribution in [2.75, 3.05) is 40.3 Å². The average molecular weight is 467 g/mol. The van der Waals surface area contributed by atoms with Gasteiger partial charge in [-0.3, -0.25) is 0 Å². The number of unbranched alkanes of at least 4 members (excludes halogenated alkanes) is 20. The fraction of sp³-hybridized carbons (Fsp3) is 1.00. The van der Waals surface area contributed by atoms with E-state index in [0.29, 0.717) is 0 Å². The molecule has 200 valence electrons. The highest BCUT2D eigenvalue weighted by molar-refractivity contribution is 4.56. The largest absolute Gasteiger partial charge is 0.306 e. The van der Waals surface area contributed by atoms with Crippen LogP contribution >= 0.6 is 0 Å². The van der Waals surface area contributed by atoms with E-state index in [0.717, 1.165) is 0 Å². The molecule has 0 aliphatic carbocycles. The topological polar surface area (TPSA) is 6.48 Å². The lowest BCUT2D eigenvalue weighted by Crippen LogP contribution is -2.21. The zero-order chi connectivity index (χ0) is 24.2. The Kier molecular flexibility index (Phi) is 28.1. The van der Waals surface area contributed by atoms with Crippen molar-refractivity contribution in [1.29, 1.82) is 0 Å². The minimum absolute atomic E-state index is 1.31. The van der Waals surface area contributed by atoms with E-state index in [1.807, 2.05) is 0 Å². The molecular formula is C31H66N2. The number of nitrogens with zero attached hydrogens (tertiary/aromatic N) is 2. The van der Waals surface area contributed by atoms with E-state index in [2.05, 4.69) is 37.7 Å². The predicted molar refractivity (Wildman–Crippen MR) is 153 cm³/mol. The fourth-order valence-corrected chi connectivity index (χ4v) is 4.90. The van der Waals surface area contributed by atoms with Crippen molar-refractivity contribution in [3.05, 3.63) is 0 Å². The lowest BCUT2D eigenvalue weighted by atomic mass is 10.1. The standard InChI is InChI=1S/C31H66N2/c1-5-7-9-11-13-16-20-24-28-32(3)30-26-22-18-15-19-23-27-31-33(4)29-25-21-17-14-12-10-8-6-2/h5-31H2,1-4H3. The molecule has 0 saturated carbocycles. The minimum Gasteiger partial charge on any atom is -0.306 e. The lowest BCUT2D eigenvalue weighted by molar-refractivity contribution is 0.310. The molecule has 0 radical (unpaired) electrons. The highest BCUT2D eigenvalue weighted by Gasteiger charge is 2.01.